The van der Waals surface area contributed by atoms with Gasteiger partial charge < -0.3 is 9.84 Å². The third kappa shape index (κ3) is 7.47. The van der Waals surface area contributed by atoms with Gasteiger partial charge in [-0.25, -0.2) is 0 Å². The van der Waals surface area contributed by atoms with E-state index in [4.69, 9.17) is 4.74 Å². The lowest BCUT2D eigenvalue weighted by Gasteiger charge is -2.31. The highest BCUT2D eigenvalue weighted by Gasteiger charge is 2.18. The van der Waals surface area contributed by atoms with Crippen LogP contribution in [0.5, 0.6) is 0 Å². The molecule has 0 aliphatic rings. The van der Waals surface area contributed by atoms with E-state index in [9.17, 15) is 5.11 Å². The van der Waals surface area contributed by atoms with Crippen molar-refractivity contribution in [1.29, 1.82) is 0 Å². The van der Waals surface area contributed by atoms with Crippen LogP contribution in [0.2, 0.25) is 0 Å². The number of nitrogens with zero attached hydrogens (tertiary/aromatic N) is 1. The van der Waals surface area contributed by atoms with Crippen molar-refractivity contribution in [2.45, 2.75) is 66.7 Å². The van der Waals surface area contributed by atoms with Gasteiger partial charge >= 0.3 is 0 Å². The molecule has 2 atom stereocenters. The first-order chi connectivity index (χ1) is 10.8. The molecule has 23 heavy (non-hydrogen) atoms. The van der Waals surface area contributed by atoms with Crippen molar-refractivity contribution >= 4 is 0 Å². The van der Waals surface area contributed by atoms with Gasteiger partial charge in [0.2, 0.25) is 0 Å². The quantitative estimate of drug-likeness (QED) is 0.708. The SMILES string of the molecule is CCC(C)N(Cc1ccc(C)cc1C)CC(O)COCC(C)C. The van der Waals surface area contributed by atoms with E-state index in [1.54, 1.807) is 0 Å². The molecule has 3 heteroatoms. The van der Waals surface area contributed by atoms with Crippen molar-refractivity contribution in [3.05, 3.63) is 34.9 Å². The van der Waals surface area contributed by atoms with Crippen LogP contribution >= 0.6 is 0 Å². The maximum absolute atomic E-state index is 10.3. The largest absolute Gasteiger partial charge is 0.389 e. The summed E-state index contributed by atoms with van der Waals surface area (Å²) in [6, 6.07) is 7.04. The zero-order valence-electron chi connectivity index (χ0n) is 15.8. The summed E-state index contributed by atoms with van der Waals surface area (Å²) in [7, 11) is 0. The van der Waals surface area contributed by atoms with Crippen LogP contribution in [0.25, 0.3) is 0 Å². The van der Waals surface area contributed by atoms with E-state index < -0.39 is 6.10 Å². The number of hydrogen-bond donors (Lipinski definition) is 1. The van der Waals surface area contributed by atoms with Crippen molar-refractivity contribution in [1.82, 2.24) is 4.90 Å². The average Bonchev–Trinajstić information content (AvgIpc) is 2.47. The van der Waals surface area contributed by atoms with E-state index >= 15 is 0 Å². The lowest BCUT2D eigenvalue weighted by molar-refractivity contribution is 0.0000873. The summed E-state index contributed by atoms with van der Waals surface area (Å²) in [5.41, 5.74) is 3.96. The van der Waals surface area contributed by atoms with Crippen molar-refractivity contribution in [2.24, 2.45) is 5.92 Å². The summed E-state index contributed by atoms with van der Waals surface area (Å²) < 4.78 is 5.58. The number of benzene rings is 1. The summed E-state index contributed by atoms with van der Waals surface area (Å²) in [4.78, 5) is 2.36. The Bertz CT molecular complexity index is 459. The highest BCUT2D eigenvalue weighted by molar-refractivity contribution is 5.30. The van der Waals surface area contributed by atoms with Crippen LogP contribution in [0.4, 0.5) is 0 Å². The maximum atomic E-state index is 10.3. The number of aliphatic hydroxyl groups is 1. The molecule has 1 aromatic carbocycles. The molecule has 3 nitrogen and oxygen atoms in total. The van der Waals surface area contributed by atoms with Gasteiger partial charge in [0.15, 0.2) is 0 Å². The smallest absolute Gasteiger partial charge is 0.0900 e. The Hall–Kier alpha value is -0.900. The molecule has 0 aliphatic heterocycles. The van der Waals surface area contributed by atoms with Crippen molar-refractivity contribution in [2.75, 3.05) is 19.8 Å². The van der Waals surface area contributed by atoms with Gasteiger partial charge in [-0.15, -0.1) is 0 Å². The van der Waals surface area contributed by atoms with Crippen molar-refractivity contribution in [3.63, 3.8) is 0 Å². The Morgan fingerprint density at radius 2 is 1.83 bits per heavy atom. The van der Waals surface area contributed by atoms with Crippen LogP contribution in [0.1, 0.15) is 50.8 Å². The molecule has 1 rings (SSSR count). The molecule has 1 aromatic rings. The first-order valence-corrected chi connectivity index (χ1v) is 8.89. The Balaban J connectivity index is 2.65. The van der Waals surface area contributed by atoms with Gasteiger partial charge in [0, 0.05) is 25.7 Å². The van der Waals surface area contributed by atoms with Crippen LogP contribution in [-0.2, 0) is 11.3 Å². The fourth-order valence-electron chi connectivity index (χ4n) is 2.66. The molecule has 0 amide bonds. The molecule has 0 heterocycles. The third-order valence-corrected chi connectivity index (χ3v) is 4.29. The molecule has 0 spiro atoms. The molecule has 0 saturated heterocycles. The predicted octanol–water partition coefficient (Wildman–Crippen LogP) is 3.94. The highest BCUT2D eigenvalue weighted by Crippen LogP contribution is 2.16. The van der Waals surface area contributed by atoms with Crippen LogP contribution in [0.3, 0.4) is 0 Å². The first kappa shape index (κ1) is 20.1. The minimum Gasteiger partial charge on any atom is -0.389 e. The van der Waals surface area contributed by atoms with Gasteiger partial charge in [0.25, 0.3) is 0 Å². The molecule has 0 saturated carbocycles. The summed E-state index contributed by atoms with van der Waals surface area (Å²) in [6.07, 6.45) is 0.637. The second-order valence-electron chi connectivity index (χ2n) is 7.20. The van der Waals surface area contributed by atoms with Crippen LogP contribution in [0, 0.1) is 19.8 Å². The monoisotopic (exact) mass is 321 g/mol. The summed E-state index contributed by atoms with van der Waals surface area (Å²) in [5.74, 6) is 0.503. The van der Waals surface area contributed by atoms with Gasteiger partial charge in [0.05, 0.1) is 12.7 Å². The van der Waals surface area contributed by atoms with E-state index in [0.29, 0.717) is 31.7 Å². The lowest BCUT2D eigenvalue weighted by atomic mass is 10.0. The number of ether oxygens (including phenoxy) is 1. The van der Waals surface area contributed by atoms with Crippen LogP contribution in [0.15, 0.2) is 18.2 Å². The lowest BCUT2D eigenvalue weighted by Crippen LogP contribution is -2.40. The topological polar surface area (TPSA) is 32.7 Å². The molecule has 0 radical (unpaired) electrons. The summed E-state index contributed by atoms with van der Waals surface area (Å²) in [5, 5.41) is 10.3. The van der Waals surface area contributed by atoms with Gasteiger partial charge in [-0.05, 0) is 44.2 Å². The number of aliphatic hydroxyl groups excluding tert-OH is 1. The van der Waals surface area contributed by atoms with E-state index in [1.807, 2.05) is 0 Å². The predicted molar refractivity (Wildman–Crippen MR) is 97.7 cm³/mol. The van der Waals surface area contributed by atoms with E-state index in [1.165, 1.54) is 16.7 Å². The van der Waals surface area contributed by atoms with Crippen molar-refractivity contribution in [3.8, 4) is 0 Å². The van der Waals surface area contributed by atoms with E-state index in [-0.39, 0.29) is 0 Å². The second kappa shape index (κ2) is 10.1. The Morgan fingerprint density at radius 3 is 2.39 bits per heavy atom. The van der Waals surface area contributed by atoms with Crippen LogP contribution < -0.4 is 0 Å². The molecular weight excluding hydrogens is 286 g/mol. The van der Waals surface area contributed by atoms with E-state index in [2.05, 4.69) is 64.6 Å². The zero-order valence-corrected chi connectivity index (χ0v) is 15.8. The average molecular weight is 322 g/mol. The summed E-state index contributed by atoms with van der Waals surface area (Å²) >= 11 is 0. The van der Waals surface area contributed by atoms with Gasteiger partial charge in [-0.2, -0.15) is 0 Å². The van der Waals surface area contributed by atoms with Crippen molar-refractivity contribution < 1.29 is 9.84 Å². The molecule has 0 fully saturated rings. The van der Waals surface area contributed by atoms with Crippen LogP contribution in [-0.4, -0.2) is 41.9 Å². The van der Waals surface area contributed by atoms with Gasteiger partial charge in [-0.3, -0.25) is 4.90 Å². The van der Waals surface area contributed by atoms with Gasteiger partial charge in [-0.1, -0.05) is 44.5 Å². The molecule has 1 N–H and O–H groups in total. The molecule has 0 aliphatic carbocycles. The Kier molecular flexibility index (Phi) is 8.82. The molecule has 0 bridgehead atoms. The first-order valence-electron chi connectivity index (χ1n) is 8.89. The minimum atomic E-state index is -0.437. The molecular formula is C20H35NO2. The second-order valence-corrected chi connectivity index (χ2v) is 7.20. The number of rotatable bonds is 10. The summed E-state index contributed by atoms with van der Waals surface area (Å²) in [6.45, 7) is 15.6. The number of aryl methyl sites for hydroxylation is 2. The molecule has 2 unspecified atom stereocenters. The molecule has 132 valence electrons. The fraction of sp³-hybridized carbons (Fsp3) is 0.700. The van der Waals surface area contributed by atoms with E-state index in [0.717, 1.165) is 13.0 Å². The van der Waals surface area contributed by atoms with Gasteiger partial charge in [0.1, 0.15) is 0 Å². The Labute approximate surface area is 142 Å². The Morgan fingerprint density at radius 1 is 1.13 bits per heavy atom. The zero-order chi connectivity index (χ0) is 17.4. The third-order valence-electron chi connectivity index (χ3n) is 4.29. The molecule has 0 aromatic heterocycles. The fourth-order valence-corrected chi connectivity index (χ4v) is 2.66. The minimum absolute atomic E-state index is 0.415. The standard InChI is InChI=1S/C20H35NO2/c1-7-18(6)21(12-20(22)14-23-13-15(2)3)11-19-9-8-16(4)10-17(19)5/h8-10,15,18,20,22H,7,11-14H2,1-6H3. The maximum Gasteiger partial charge on any atom is 0.0900 e. The normalized spacial score (nSPS) is 14.5. The number of hydrogen-bond acceptors (Lipinski definition) is 3. The highest BCUT2D eigenvalue weighted by atomic mass is 16.5.